The number of rotatable bonds is 16. The van der Waals surface area contributed by atoms with E-state index in [1.807, 2.05) is 45.0 Å². The van der Waals surface area contributed by atoms with E-state index in [2.05, 4.69) is 20.6 Å². The van der Waals surface area contributed by atoms with Gasteiger partial charge >= 0.3 is 6.09 Å². The third-order valence-corrected chi connectivity index (χ3v) is 6.80. The minimum atomic E-state index is -1.05. The van der Waals surface area contributed by atoms with Crippen LogP contribution in [-0.4, -0.2) is 86.4 Å². The minimum Gasteiger partial charge on any atom is -0.497 e. The van der Waals surface area contributed by atoms with Crippen molar-refractivity contribution in [3.8, 4) is 17.4 Å². The van der Waals surface area contributed by atoms with Gasteiger partial charge in [-0.25, -0.2) is 9.78 Å². The van der Waals surface area contributed by atoms with Gasteiger partial charge in [-0.3, -0.25) is 9.69 Å². The Morgan fingerprint density at radius 1 is 0.894 bits per heavy atom. The molecule has 250 valence electrons. The summed E-state index contributed by atoms with van der Waals surface area (Å²) in [6, 6.07) is 17.5. The standard InChI is InChI=1S/C34H41N5O8/c1-34(2,3)39(33(41)42)28-10-11-29(27-9-7-6-8-26(27)28)47-30-12-13-36-32(38-30)37-24-20-23(21-25(22-24)44-5)31(40)35-14-15-45-18-19-46-17-16-43-4/h6-13,20-22H,14-19H2,1-5H3,(H,35,40)(H,41,42)(H,36,37,38). The predicted octanol–water partition coefficient (Wildman–Crippen LogP) is 5.87. The maximum Gasteiger partial charge on any atom is 0.412 e. The molecule has 0 radical (unpaired) electrons. The molecular formula is C34H41N5O8. The van der Waals surface area contributed by atoms with Crippen LogP contribution in [0.4, 0.5) is 22.1 Å². The Bertz CT molecular complexity index is 1660. The van der Waals surface area contributed by atoms with Gasteiger partial charge in [0, 0.05) is 59.5 Å². The number of carbonyl (C=O) groups is 2. The monoisotopic (exact) mass is 647 g/mol. The smallest absolute Gasteiger partial charge is 0.412 e. The summed E-state index contributed by atoms with van der Waals surface area (Å²) < 4.78 is 27.4. The van der Waals surface area contributed by atoms with Crippen LogP contribution in [0, 0.1) is 0 Å². The molecule has 0 atom stereocenters. The van der Waals surface area contributed by atoms with E-state index in [1.165, 1.54) is 12.0 Å². The molecule has 1 heterocycles. The number of nitrogens with one attached hydrogen (secondary N) is 2. The van der Waals surface area contributed by atoms with Crippen molar-refractivity contribution in [1.82, 2.24) is 15.3 Å². The van der Waals surface area contributed by atoms with Crippen LogP contribution in [0.15, 0.2) is 66.9 Å². The summed E-state index contributed by atoms with van der Waals surface area (Å²) in [7, 11) is 3.13. The van der Waals surface area contributed by atoms with Crippen molar-refractivity contribution in [2.24, 2.45) is 0 Å². The molecule has 0 spiro atoms. The Labute approximate surface area is 273 Å². The number of carbonyl (C=O) groups excluding carboxylic acids is 1. The van der Waals surface area contributed by atoms with Crippen LogP contribution in [0.1, 0.15) is 31.1 Å². The molecule has 0 aliphatic heterocycles. The van der Waals surface area contributed by atoms with Gasteiger partial charge in [0.2, 0.25) is 11.8 Å². The molecule has 13 nitrogen and oxygen atoms in total. The lowest BCUT2D eigenvalue weighted by molar-refractivity contribution is 0.0255. The highest BCUT2D eigenvalue weighted by Crippen LogP contribution is 2.38. The first-order chi connectivity index (χ1) is 22.6. The molecule has 0 saturated heterocycles. The third-order valence-electron chi connectivity index (χ3n) is 6.80. The summed E-state index contributed by atoms with van der Waals surface area (Å²) in [5.41, 5.74) is 0.784. The first kappa shape index (κ1) is 34.9. The van der Waals surface area contributed by atoms with E-state index in [0.717, 1.165) is 10.8 Å². The second kappa shape index (κ2) is 16.5. The van der Waals surface area contributed by atoms with Gasteiger partial charge in [0.15, 0.2) is 0 Å². The molecular weight excluding hydrogens is 606 g/mol. The Morgan fingerprint density at radius 2 is 1.62 bits per heavy atom. The summed E-state index contributed by atoms with van der Waals surface area (Å²) in [6.07, 6.45) is 0.495. The topological polar surface area (TPSA) is 154 Å². The molecule has 0 saturated carbocycles. The summed E-state index contributed by atoms with van der Waals surface area (Å²) in [6.45, 7) is 8.07. The molecule has 1 aromatic heterocycles. The lowest BCUT2D eigenvalue weighted by Crippen LogP contribution is -2.45. The number of nitrogens with zero attached hydrogens (tertiary/aromatic N) is 3. The fourth-order valence-electron chi connectivity index (χ4n) is 4.71. The number of ether oxygens (including phenoxy) is 5. The molecule has 3 N–H and O–H groups in total. The number of methoxy groups -OCH3 is 2. The van der Waals surface area contributed by atoms with Crippen molar-refractivity contribution in [3.63, 3.8) is 0 Å². The SMILES string of the molecule is COCCOCCOCCNC(=O)c1cc(Nc2nccc(Oc3ccc(N(C(=O)O)C(C)(C)C)c4ccccc34)n2)cc(OC)c1. The average Bonchev–Trinajstić information content (AvgIpc) is 3.04. The zero-order chi connectivity index (χ0) is 33.8. The number of anilines is 3. The van der Waals surface area contributed by atoms with Crippen molar-refractivity contribution in [2.45, 2.75) is 26.3 Å². The van der Waals surface area contributed by atoms with E-state index in [1.54, 1.807) is 49.7 Å². The summed E-state index contributed by atoms with van der Waals surface area (Å²) in [4.78, 5) is 35.2. The van der Waals surface area contributed by atoms with Crippen molar-refractivity contribution < 1.29 is 38.4 Å². The Hall–Kier alpha value is -4.98. The zero-order valence-electron chi connectivity index (χ0n) is 27.2. The number of amides is 2. The van der Waals surface area contributed by atoms with Crippen molar-refractivity contribution in [2.75, 3.05) is 64.0 Å². The number of carboxylic acid groups (broad SMARTS) is 1. The molecule has 0 aliphatic carbocycles. The van der Waals surface area contributed by atoms with Crippen LogP contribution in [0.25, 0.3) is 10.8 Å². The fraction of sp³-hybridized carbons (Fsp3) is 0.353. The van der Waals surface area contributed by atoms with Crippen LogP contribution in [-0.2, 0) is 14.2 Å². The molecule has 0 aliphatic rings. The lowest BCUT2D eigenvalue weighted by Gasteiger charge is -2.34. The van der Waals surface area contributed by atoms with Crippen molar-refractivity contribution in [1.29, 1.82) is 0 Å². The Kier molecular flexibility index (Phi) is 12.3. The van der Waals surface area contributed by atoms with E-state index in [9.17, 15) is 14.7 Å². The van der Waals surface area contributed by atoms with Crippen LogP contribution in [0.2, 0.25) is 0 Å². The first-order valence-corrected chi connectivity index (χ1v) is 15.0. The Balaban J connectivity index is 1.45. The maximum absolute atomic E-state index is 12.9. The van der Waals surface area contributed by atoms with E-state index in [-0.39, 0.29) is 17.7 Å². The Morgan fingerprint density at radius 3 is 2.32 bits per heavy atom. The van der Waals surface area contributed by atoms with Crippen molar-refractivity contribution >= 4 is 40.1 Å². The van der Waals surface area contributed by atoms with Gasteiger partial charge in [0.25, 0.3) is 5.91 Å². The van der Waals surface area contributed by atoms with Crippen LogP contribution >= 0.6 is 0 Å². The largest absolute Gasteiger partial charge is 0.497 e. The van der Waals surface area contributed by atoms with Crippen LogP contribution in [0.3, 0.4) is 0 Å². The van der Waals surface area contributed by atoms with E-state index in [4.69, 9.17) is 23.7 Å². The molecule has 2 amide bonds. The second-order valence-corrected chi connectivity index (χ2v) is 11.3. The zero-order valence-corrected chi connectivity index (χ0v) is 27.2. The van der Waals surface area contributed by atoms with Crippen LogP contribution in [0.5, 0.6) is 17.4 Å². The van der Waals surface area contributed by atoms with Gasteiger partial charge in [-0.15, -0.1) is 0 Å². The molecule has 4 aromatic rings. The average molecular weight is 648 g/mol. The van der Waals surface area contributed by atoms with E-state index < -0.39 is 11.6 Å². The summed E-state index contributed by atoms with van der Waals surface area (Å²) in [5, 5.41) is 17.4. The first-order valence-electron chi connectivity index (χ1n) is 15.0. The molecule has 0 bridgehead atoms. The predicted molar refractivity (Wildman–Crippen MR) is 178 cm³/mol. The molecule has 47 heavy (non-hydrogen) atoms. The number of hydrogen-bond donors (Lipinski definition) is 3. The quantitative estimate of drug-likeness (QED) is 0.125. The van der Waals surface area contributed by atoms with Gasteiger partial charge in [-0.05, 0) is 45.0 Å². The normalized spacial score (nSPS) is 11.3. The maximum atomic E-state index is 12.9. The number of fused-ring (bicyclic) bond motifs is 1. The molecule has 13 heteroatoms. The number of benzene rings is 3. The van der Waals surface area contributed by atoms with Crippen LogP contribution < -0.4 is 25.0 Å². The van der Waals surface area contributed by atoms with Crippen molar-refractivity contribution in [3.05, 3.63) is 72.4 Å². The highest BCUT2D eigenvalue weighted by molar-refractivity contribution is 6.04. The fourth-order valence-corrected chi connectivity index (χ4v) is 4.71. The lowest BCUT2D eigenvalue weighted by atomic mass is 10.0. The third kappa shape index (κ3) is 9.75. The van der Waals surface area contributed by atoms with Gasteiger partial charge in [-0.2, -0.15) is 4.98 Å². The van der Waals surface area contributed by atoms with Gasteiger partial charge in [0.05, 0.1) is 45.8 Å². The van der Waals surface area contributed by atoms with Gasteiger partial charge < -0.3 is 39.4 Å². The van der Waals surface area contributed by atoms with E-state index in [0.29, 0.717) is 68.0 Å². The number of hydrogen-bond acceptors (Lipinski definition) is 10. The van der Waals surface area contributed by atoms with Gasteiger partial charge in [-0.1, -0.05) is 24.3 Å². The van der Waals surface area contributed by atoms with Gasteiger partial charge in [0.1, 0.15) is 11.5 Å². The molecule has 4 rings (SSSR count). The minimum absolute atomic E-state index is 0.230. The molecule has 0 fully saturated rings. The molecule has 3 aromatic carbocycles. The second-order valence-electron chi connectivity index (χ2n) is 11.3. The summed E-state index contributed by atoms with van der Waals surface area (Å²) >= 11 is 0. The van der Waals surface area contributed by atoms with E-state index >= 15 is 0 Å². The number of aromatic nitrogens is 2. The molecule has 0 unspecified atom stereocenters. The highest BCUT2D eigenvalue weighted by atomic mass is 16.5. The highest BCUT2D eigenvalue weighted by Gasteiger charge is 2.29. The summed E-state index contributed by atoms with van der Waals surface area (Å²) in [5.74, 6) is 1.16.